The molecule has 1 N–H and O–H groups in total. The maximum atomic E-state index is 12.5. The van der Waals surface area contributed by atoms with E-state index in [4.69, 9.17) is 9.72 Å². The van der Waals surface area contributed by atoms with Crippen LogP contribution in [0.1, 0.15) is 19.3 Å². The highest BCUT2D eigenvalue weighted by atomic mass is 32.1. The minimum Gasteiger partial charge on any atom is -0.381 e. The van der Waals surface area contributed by atoms with Gasteiger partial charge in [-0.1, -0.05) is 23.5 Å². The van der Waals surface area contributed by atoms with E-state index in [1.54, 1.807) is 11.3 Å². The van der Waals surface area contributed by atoms with E-state index in [-0.39, 0.29) is 17.9 Å². The van der Waals surface area contributed by atoms with Gasteiger partial charge in [-0.3, -0.25) is 4.79 Å². The van der Waals surface area contributed by atoms with Crippen LogP contribution in [0, 0.1) is 5.92 Å². The highest BCUT2D eigenvalue weighted by Crippen LogP contribution is 2.32. The van der Waals surface area contributed by atoms with Crippen molar-refractivity contribution >= 4 is 32.6 Å². The van der Waals surface area contributed by atoms with E-state index in [2.05, 4.69) is 16.3 Å². The molecule has 1 aromatic heterocycles. The second-order valence-electron chi connectivity index (χ2n) is 6.29. The van der Waals surface area contributed by atoms with Gasteiger partial charge in [0.1, 0.15) is 0 Å². The Kier molecular flexibility index (Phi) is 4.18. The lowest BCUT2D eigenvalue weighted by molar-refractivity contribution is -0.125. The molecule has 23 heavy (non-hydrogen) atoms. The number of hydrogen-bond donors (Lipinski definition) is 1. The van der Waals surface area contributed by atoms with E-state index in [9.17, 15) is 4.79 Å². The molecule has 4 rings (SSSR count). The number of benzene rings is 1. The number of rotatable bonds is 3. The van der Waals surface area contributed by atoms with Crippen LogP contribution in [0.25, 0.3) is 10.2 Å². The van der Waals surface area contributed by atoms with Gasteiger partial charge in [0.25, 0.3) is 0 Å². The normalized spacial score (nSPS) is 22.6. The first-order chi connectivity index (χ1) is 11.3. The van der Waals surface area contributed by atoms with Gasteiger partial charge in [-0.15, -0.1) is 0 Å². The van der Waals surface area contributed by atoms with Crippen LogP contribution in [-0.2, 0) is 9.53 Å². The van der Waals surface area contributed by atoms with Crippen molar-refractivity contribution in [3.05, 3.63) is 24.3 Å². The molecule has 2 saturated heterocycles. The number of nitrogens with one attached hydrogen (secondary N) is 1. The van der Waals surface area contributed by atoms with Gasteiger partial charge in [0, 0.05) is 32.3 Å². The van der Waals surface area contributed by atoms with Crippen LogP contribution in [0.3, 0.4) is 0 Å². The summed E-state index contributed by atoms with van der Waals surface area (Å²) >= 11 is 1.71. The lowest BCUT2D eigenvalue weighted by atomic mass is 10.1. The van der Waals surface area contributed by atoms with E-state index in [0.29, 0.717) is 0 Å². The second-order valence-corrected chi connectivity index (χ2v) is 7.30. The Morgan fingerprint density at radius 1 is 1.26 bits per heavy atom. The first-order valence-corrected chi connectivity index (χ1v) is 9.10. The monoisotopic (exact) mass is 331 g/mol. The predicted octanol–water partition coefficient (Wildman–Crippen LogP) is 2.42. The number of anilines is 1. The van der Waals surface area contributed by atoms with Crippen molar-refractivity contribution in [2.45, 2.75) is 25.3 Å². The number of ether oxygens (including phenoxy) is 1. The Morgan fingerprint density at radius 2 is 2.09 bits per heavy atom. The first-order valence-electron chi connectivity index (χ1n) is 8.28. The number of carbonyl (C=O) groups excluding carboxylic acids is 1. The zero-order valence-electron chi connectivity index (χ0n) is 13.0. The van der Waals surface area contributed by atoms with Crippen LogP contribution in [0.2, 0.25) is 0 Å². The SMILES string of the molecule is O=C(NC1CCOCC1)C1CCN(c2nc3ccccc3s2)C1. The molecule has 1 aromatic carbocycles. The standard InChI is InChI=1S/C17H21N3O2S/c21-16(18-13-6-9-22-10-7-13)12-5-8-20(11-12)17-19-14-3-1-2-4-15(14)23-17/h1-4,12-13H,5-11H2,(H,18,21). The molecule has 0 radical (unpaired) electrons. The average Bonchev–Trinajstić information content (AvgIpc) is 3.22. The number of carbonyl (C=O) groups is 1. The molecule has 5 nitrogen and oxygen atoms in total. The fraction of sp³-hybridized carbons (Fsp3) is 0.529. The quantitative estimate of drug-likeness (QED) is 0.938. The summed E-state index contributed by atoms with van der Waals surface area (Å²) in [7, 11) is 0. The predicted molar refractivity (Wildman–Crippen MR) is 91.9 cm³/mol. The highest BCUT2D eigenvalue weighted by Gasteiger charge is 2.31. The molecule has 2 aliphatic heterocycles. The number of hydrogen-bond acceptors (Lipinski definition) is 5. The Labute approximate surface area is 139 Å². The molecular weight excluding hydrogens is 310 g/mol. The molecule has 1 amide bonds. The van der Waals surface area contributed by atoms with Gasteiger partial charge >= 0.3 is 0 Å². The molecule has 0 spiro atoms. The van der Waals surface area contributed by atoms with Gasteiger partial charge in [0.2, 0.25) is 5.91 Å². The molecule has 2 aromatic rings. The molecule has 1 unspecified atom stereocenters. The molecule has 2 aliphatic rings. The fourth-order valence-electron chi connectivity index (χ4n) is 3.30. The van der Waals surface area contributed by atoms with Crippen molar-refractivity contribution in [3.63, 3.8) is 0 Å². The summed E-state index contributed by atoms with van der Waals surface area (Å²) < 4.78 is 6.55. The molecule has 122 valence electrons. The Morgan fingerprint density at radius 3 is 2.91 bits per heavy atom. The summed E-state index contributed by atoms with van der Waals surface area (Å²) in [5.41, 5.74) is 1.04. The number of amides is 1. The summed E-state index contributed by atoms with van der Waals surface area (Å²) in [5, 5.41) is 4.23. The van der Waals surface area contributed by atoms with Gasteiger partial charge < -0.3 is 15.0 Å². The Balaban J connectivity index is 1.39. The van der Waals surface area contributed by atoms with E-state index in [1.165, 1.54) is 4.70 Å². The molecule has 1 atom stereocenters. The number of nitrogens with zero attached hydrogens (tertiary/aromatic N) is 2. The van der Waals surface area contributed by atoms with E-state index < -0.39 is 0 Å². The first kappa shape index (κ1) is 14.9. The van der Waals surface area contributed by atoms with E-state index in [1.807, 2.05) is 18.2 Å². The van der Waals surface area contributed by atoms with Gasteiger partial charge in [-0.2, -0.15) is 0 Å². The van der Waals surface area contributed by atoms with Crippen molar-refractivity contribution in [2.75, 3.05) is 31.2 Å². The highest BCUT2D eigenvalue weighted by molar-refractivity contribution is 7.22. The third-order valence-corrected chi connectivity index (χ3v) is 5.78. The second kappa shape index (κ2) is 6.45. The van der Waals surface area contributed by atoms with Crippen molar-refractivity contribution < 1.29 is 9.53 Å². The minimum atomic E-state index is 0.0739. The summed E-state index contributed by atoms with van der Waals surface area (Å²) in [6.45, 7) is 3.20. The smallest absolute Gasteiger partial charge is 0.225 e. The Bertz CT molecular complexity index is 663. The van der Waals surface area contributed by atoms with Crippen molar-refractivity contribution in [2.24, 2.45) is 5.92 Å². The van der Waals surface area contributed by atoms with Crippen LogP contribution in [0.5, 0.6) is 0 Å². The van der Waals surface area contributed by atoms with E-state index >= 15 is 0 Å². The van der Waals surface area contributed by atoms with Crippen molar-refractivity contribution in [3.8, 4) is 0 Å². The number of fused-ring (bicyclic) bond motifs is 1. The zero-order chi connectivity index (χ0) is 15.6. The molecule has 6 heteroatoms. The number of para-hydroxylation sites is 1. The van der Waals surface area contributed by atoms with Crippen LogP contribution in [0.4, 0.5) is 5.13 Å². The fourth-order valence-corrected chi connectivity index (χ4v) is 4.30. The third kappa shape index (κ3) is 3.19. The minimum absolute atomic E-state index is 0.0739. The van der Waals surface area contributed by atoms with Gasteiger partial charge in [0.05, 0.1) is 16.1 Å². The molecule has 3 heterocycles. The van der Waals surface area contributed by atoms with Gasteiger partial charge in [-0.25, -0.2) is 4.98 Å². The molecule has 0 bridgehead atoms. The lowest BCUT2D eigenvalue weighted by Gasteiger charge is -2.24. The van der Waals surface area contributed by atoms with Crippen LogP contribution < -0.4 is 10.2 Å². The van der Waals surface area contributed by atoms with Crippen molar-refractivity contribution in [1.29, 1.82) is 0 Å². The topological polar surface area (TPSA) is 54.5 Å². The third-order valence-electron chi connectivity index (χ3n) is 4.68. The van der Waals surface area contributed by atoms with Gasteiger partial charge in [0.15, 0.2) is 5.13 Å². The zero-order valence-corrected chi connectivity index (χ0v) is 13.8. The van der Waals surface area contributed by atoms with Crippen LogP contribution in [-0.4, -0.2) is 43.2 Å². The number of aromatic nitrogens is 1. The summed E-state index contributed by atoms with van der Waals surface area (Å²) in [4.78, 5) is 19.4. The number of thiazole rings is 1. The van der Waals surface area contributed by atoms with Crippen LogP contribution in [0.15, 0.2) is 24.3 Å². The van der Waals surface area contributed by atoms with Crippen LogP contribution >= 0.6 is 11.3 Å². The molecule has 0 saturated carbocycles. The van der Waals surface area contributed by atoms with E-state index in [0.717, 1.165) is 56.2 Å². The molecular formula is C17H21N3O2S. The summed E-state index contributed by atoms with van der Waals surface area (Å²) in [6, 6.07) is 8.48. The van der Waals surface area contributed by atoms with Gasteiger partial charge in [-0.05, 0) is 31.4 Å². The maximum Gasteiger partial charge on any atom is 0.225 e. The average molecular weight is 331 g/mol. The summed E-state index contributed by atoms with van der Waals surface area (Å²) in [6.07, 6.45) is 2.77. The van der Waals surface area contributed by atoms with Crippen molar-refractivity contribution in [1.82, 2.24) is 10.3 Å². The molecule has 2 fully saturated rings. The Hall–Kier alpha value is -1.66. The lowest BCUT2D eigenvalue weighted by Crippen LogP contribution is -2.42. The maximum absolute atomic E-state index is 12.5. The molecule has 0 aliphatic carbocycles. The summed E-state index contributed by atoms with van der Waals surface area (Å²) in [5.74, 6) is 0.269. The largest absolute Gasteiger partial charge is 0.381 e.